The zero-order valence-corrected chi connectivity index (χ0v) is 11.9. The second kappa shape index (κ2) is 5.90. The first-order valence-corrected chi connectivity index (χ1v) is 7.13. The number of nitrogens with two attached hydrogens (primary N) is 1. The van der Waals surface area contributed by atoms with Crippen LogP contribution in [0, 0.1) is 17.2 Å². The second-order valence-corrected chi connectivity index (χ2v) is 6.39. The van der Waals surface area contributed by atoms with Gasteiger partial charge in [0.1, 0.15) is 4.90 Å². The van der Waals surface area contributed by atoms with Gasteiger partial charge < -0.3 is 10.8 Å². The van der Waals surface area contributed by atoms with E-state index in [1.807, 2.05) is 6.07 Å². The number of benzene rings is 1. The number of carbonyl (C=O) groups is 1. The van der Waals surface area contributed by atoms with Gasteiger partial charge in [-0.1, -0.05) is 0 Å². The summed E-state index contributed by atoms with van der Waals surface area (Å²) in [6.45, 7) is 1.63. The van der Waals surface area contributed by atoms with Crippen molar-refractivity contribution in [1.82, 2.24) is 4.31 Å². The van der Waals surface area contributed by atoms with Crippen LogP contribution in [0.4, 0.5) is 5.69 Å². The topological polar surface area (TPSA) is 124 Å². The lowest BCUT2D eigenvalue weighted by atomic mass is 10.2. The summed E-state index contributed by atoms with van der Waals surface area (Å²) in [5.74, 6) is -1.65. The van der Waals surface area contributed by atoms with Gasteiger partial charge >= 0.3 is 5.97 Å². The average Bonchev–Trinajstić information content (AvgIpc) is 2.37. The lowest BCUT2D eigenvalue weighted by Crippen LogP contribution is -2.31. The van der Waals surface area contributed by atoms with Gasteiger partial charge in [0.2, 0.25) is 10.0 Å². The van der Waals surface area contributed by atoms with Crippen molar-refractivity contribution in [3.05, 3.63) is 23.8 Å². The molecule has 1 atom stereocenters. The summed E-state index contributed by atoms with van der Waals surface area (Å²) in [6, 6.07) is 5.37. The number of carboxylic acids is 1. The first-order chi connectivity index (χ1) is 9.20. The number of hydrogen-bond donors (Lipinski definition) is 2. The van der Waals surface area contributed by atoms with E-state index in [0.29, 0.717) is 0 Å². The summed E-state index contributed by atoms with van der Waals surface area (Å²) in [5.41, 5.74) is 5.39. The first-order valence-electron chi connectivity index (χ1n) is 5.69. The molecular formula is C12H15N3O4S. The van der Waals surface area contributed by atoms with Crippen LogP contribution in [-0.2, 0) is 10.0 Å². The van der Waals surface area contributed by atoms with E-state index < -0.39 is 21.9 Å². The molecule has 8 heteroatoms. The van der Waals surface area contributed by atoms with Crippen LogP contribution in [0.5, 0.6) is 0 Å². The summed E-state index contributed by atoms with van der Waals surface area (Å²) in [4.78, 5) is 10.6. The Bertz CT molecular complexity index is 664. The van der Waals surface area contributed by atoms with Crippen molar-refractivity contribution >= 4 is 21.7 Å². The number of aromatic carboxylic acids is 1. The molecule has 0 fully saturated rings. The van der Waals surface area contributed by atoms with Crippen LogP contribution in [0.15, 0.2) is 23.1 Å². The third-order valence-electron chi connectivity index (χ3n) is 2.70. The molecule has 0 aromatic heterocycles. The van der Waals surface area contributed by atoms with E-state index >= 15 is 0 Å². The molecule has 7 nitrogen and oxygen atoms in total. The molecule has 1 rings (SSSR count). The maximum Gasteiger partial charge on any atom is 0.335 e. The Labute approximate surface area is 117 Å². The third kappa shape index (κ3) is 3.26. The van der Waals surface area contributed by atoms with Crippen molar-refractivity contribution in [2.24, 2.45) is 5.92 Å². The van der Waals surface area contributed by atoms with E-state index in [0.717, 1.165) is 16.4 Å². The Morgan fingerprint density at radius 3 is 2.60 bits per heavy atom. The molecule has 0 aliphatic rings. The van der Waals surface area contributed by atoms with Gasteiger partial charge in [-0.05, 0) is 25.1 Å². The highest BCUT2D eigenvalue weighted by atomic mass is 32.2. The maximum atomic E-state index is 12.3. The van der Waals surface area contributed by atoms with E-state index in [-0.39, 0.29) is 22.7 Å². The lowest BCUT2D eigenvalue weighted by Gasteiger charge is -2.19. The number of anilines is 1. The minimum atomic E-state index is -3.85. The summed E-state index contributed by atoms with van der Waals surface area (Å²) < 4.78 is 25.6. The minimum Gasteiger partial charge on any atom is -0.478 e. The van der Waals surface area contributed by atoms with Crippen LogP contribution < -0.4 is 5.73 Å². The molecule has 108 valence electrons. The van der Waals surface area contributed by atoms with Gasteiger partial charge in [-0.2, -0.15) is 9.57 Å². The largest absolute Gasteiger partial charge is 0.478 e. The molecule has 0 bridgehead atoms. The lowest BCUT2D eigenvalue weighted by molar-refractivity contribution is 0.0697. The summed E-state index contributed by atoms with van der Waals surface area (Å²) >= 11 is 0. The van der Waals surface area contributed by atoms with E-state index in [9.17, 15) is 13.2 Å². The van der Waals surface area contributed by atoms with E-state index in [2.05, 4.69) is 0 Å². The molecule has 0 saturated carbocycles. The van der Waals surface area contributed by atoms with Crippen molar-refractivity contribution in [2.45, 2.75) is 11.8 Å². The number of sulfonamides is 1. The molecule has 3 N–H and O–H groups in total. The molecule has 0 aliphatic heterocycles. The Balaban J connectivity index is 3.17. The van der Waals surface area contributed by atoms with E-state index in [1.165, 1.54) is 13.1 Å². The summed E-state index contributed by atoms with van der Waals surface area (Å²) in [6.07, 6.45) is 0. The second-order valence-electron chi connectivity index (χ2n) is 4.37. The molecule has 0 spiro atoms. The van der Waals surface area contributed by atoms with Gasteiger partial charge in [-0.15, -0.1) is 0 Å². The van der Waals surface area contributed by atoms with Crippen LogP contribution in [-0.4, -0.2) is 37.4 Å². The predicted octanol–water partition coefficient (Wildman–Crippen LogP) is 0.747. The normalized spacial score (nSPS) is 12.9. The maximum absolute atomic E-state index is 12.3. The fraction of sp³-hybridized carbons (Fsp3) is 0.333. The van der Waals surface area contributed by atoms with Gasteiger partial charge in [0.25, 0.3) is 0 Å². The fourth-order valence-electron chi connectivity index (χ4n) is 1.61. The predicted molar refractivity (Wildman–Crippen MR) is 72.4 cm³/mol. The molecule has 0 amide bonds. The highest BCUT2D eigenvalue weighted by Gasteiger charge is 2.25. The summed E-state index contributed by atoms with van der Waals surface area (Å²) in [7, 11) is -2.51. The number of rotatable bonds is 5. The van der Waals surface area contributed by atoms with Gasteiger partial charge in [0.05, 0.1) is 23.2 Å². The molecule has 0 heterocycles. The highest BCUT2D eigenvalue weighted by Crippen LogP contribution is 2.23. The number of nitriles is 1. The molecule has 1 aromatic carbocycles. The van der Waals surface area contributed by atoms with Crippen LogP contribution in [0.2, 0.25) is 0 Å². The Kier molecular flexibility index (Phi) is 4.70. The van der Waals surface area contributed by atoms with Crippen molar-refractivity contribution in [2.75, 3.05) is 19.3 Å². The Morgan fingerprint density at radius 2 is 2.15 bits per heavy atom. The third-order valence-corrected chi connectivity index (χ3v) is 4.59. The van der Waals surface area contributed by atoms with E-state index in [1.54, 1.807) is 6.92 Å². The molecule has 0 saturated heterocycles. The van der Waals surface area contributed by atoms with Gasteiger partial charge in [-0.3, -0.25) is 0 Å². The van der Waals surface area contributed by atoms with Crippen LogP contribution in [0.25, 0.3) is 0 Å². The van der Waals surface area contributed by atoms with Gasteiger partial charge in [0, 0.05) is 13.6 Å². The average molecular weight is 297 g/mol. The van der Waals surface area contributed by atoms with Crippen molar-refractivity contribution < 1.29 is 18.3 Å². The van der Waals surface area contributed by atoms with E-state index in [4.69, 9.17) is 16.1 Å². The molecule has 20 heavy (non-hydrogen) atoms. The van der Waals surface area contributed by atoms with Crippen LogP contribution in [0.3, 0.4) is 0 Å². The molecule has 0 radical (unpaired) electrons. The van der Waals surface area contributed by atoms with Crippen LogP contribution >= 0.6 is 0 Å². The quantitative estimate of drug-likeness (QED) is 0.772. The number of nitrogen functional groups attached to an aromatic ring is 1. The fourth-order valence-corrected chi connectivity index (χ4v) is 2.96. The number of carboxylic acid groups (broad SMARTS) is 1. The zero-order chi connectivity index (χ0) is 15.5. The van der Waals surface area contributed by atoms with Crippen molar-refractivity contribution in [3.63, 3.8) is 0 Å². The number of hydrogen-bond acceptors (Lipinski definition) is 5. The summed E-state index contributed by atoms with van der Waals surface area (Å²) in [5, 5.41) is 17.5. The smallest absolute Gasteiger partial charge is 0.335 e. The monoisotopic (exact) mass is 297 g/mol. The molecule has 0 aliphatic carbocycles. The Morgan fingerprint density at radius 1 is 1.55 bits per heavy atom. The van der Waals surface area contributed by atoms with Crippen LogP contribution in [0.1, 0.15) is 17.3 Å². The zero-order valence-electron chi connectivity index (χ0n) is 11.1. The molecule has 1 unspecified atom stereocenters. The van der Waals surface area contributed by atoms with Gasteiger partial charge in [-0.25, -0.2) is 13.2 Å². The molecule has 1 aromatic rings. The van der Waals surface area contributed by atoms with Gasteiger partial charge in [0.15, 0.2) is 0 Å². The molecular weight excluding hydrogens is 282 g/mol. The highest BCUT2D eigenvalue weighted by molar-refractivity contribution is 7.89. The SMILES string of the molecule is CC(C#N)CN(C)S(=O)(=O)c1ccc(C(=O)O)cc1N. The van der Waals surface area contributed by atoms with Crippen molar-refractivity contribution in [3.8, 4) is 6.07 Å². The first kappa shape index (κ1) is 15.9. The standard InChI is InChI=1S/C12H15N3O4S/c1-8(6-13)7-15(2)20(18,19)11-4-3-9(12(16)17)5-10(11)14/h3-5,8H,7,14H2,1-2H3,(H,16,17). The number of nitrogens with zero attached hydrogens (tertiary/aromatic N) is 2. The van der Waals surface area contributed by atoms with Crippen molar-refractivity contribution in [1.29, 1.82) is 5.26 Å². The Hall–Kier alpha value is -2.11. The minimum absolute atomic E-state index is 0.0267.